The Morgan fingerprint density at radius 3 is 2.74 bits per heavy atom. The highest BCUT2D eigenvalue weighted by Gasteiger charge is 2.35. The highest BCUT2D eigenvalue weighted by atomic mass is 32.2. The monoisotopic (exact) mass is 385 g/mol. The summed E-state index contributed by atoms with van der Waals surface area (Å²) in [5.41, 5.74) is 7.49. The zero-order valence-corrected chi connectivity index (χ0v) is 15.6. The van der Waals surface area contributed by atoms with Crippen molar-refractivity contribution in [2.45, 2.75) is 0 Å². The van der Waals surface area contributed by atoms with Crippen molar-refractivity contribution in [3.8, 4) is 0 Å². The average molecular weight is 385 g/mol. The minimum atomic E-state index is -3.49. The molecule has 0 saturated heterocycles. The molecule has 3 rings (SSSR count). The Kier molecular flexibility index (Phi) is 4.71. The van der Waals surface area contributed by atoms with Crippen LogP contribution in [0.25, 0.3) is 0 Å². The Morgan fingerprint density at radius 2 is 2.07 bits per heavy atom. The second-order valence-corrected chi connectivity index (χ2v) is 8.09. The van der Waals surface area contributed by atoms with Crippen LogP contribution in [-0.2, 0) is 14.6 Å². The van der Waals surface area contributed by atoms with E-state index in [9.17, 15) is 13.2 Å². The Hall–Kier alpha value is -3.20. The Balaban J connectivity index is 1.93. The molecule has 0 saturated carbocycles. The normalized spacial score (nSPS) is 16.9. The number of sulfone groups is 1. The first-order valence-corrected chi connectivity index (χ1v) is 9.92. The van der Waals surface area contributed by atoms with Crippen LogP contribution in [0.1, 0.15) is 0 Å². The van der Waals surface area contributed by atoms with E-state index in [-0.39, 0.29) is 35.6 Å². The SMILES string of the molecule is C=C/C=C(\C(=C)CN1CC(=O)N2C(=N1)C(N)=Nc1ccccc12)S(C)(=O)=O. The minimum Gasteiger partial charge on any atom is -0.381 e. The standard InChI is InChI=1S/C18H19N5O3S/c1-4-7-15(27(3,25)26)12(2)10-22-11-16(24)23-14-9-6-5-8-13(14)20-17(19)18(23)21-22/h4-9H,1-2,10-11H2,3H3,(H2,19,20)/b15-7+. The lowest BCUT2D eigenvalue weighted by Gasteiger charge is -2.35. The fourth-order valence-corrected chi connectivity index (χ4v) is 3.83. The van der Waals surface area contributed by atoms with Crippen LogP contribution in [0.4, 0.5) is 11.4 Å². The van der Waals surface area contributed by atoms with E-state index in [1.165, 1.54) is 22.1 Å². The third-order valence-electron chi connectivity index (χ3n) is 4.00. The fraction of sp³-hybridized carbons (Fsp3) is 0.167. The van der Waals surface area contributed by atoms with Gasteiger partial charge in [-0.15, -0.1) is 0 Å². The van der Waals surface area contributed by atoms with Crippen molar-refractivity contribution >= 4 is 38.8 Å². The maximum Gasteiger partial charge on any atom is 0.254 e. The molecule has 2 heterocycles. The molecule has 1 amide bonds. The summed E-state index contributed by atoms with van der Waals surface area (Å²) in [7, 11) is -3.49. The van der Waals surface area contributed by atoms with Crippen LogP contribution in [0.2, 0.25) is 0 Å². The molecule has 9 heteroatoms. The van der Waals surface area contributed by atoms with Crippen LogP contribution in [0.15, 0.2) is 70.1 Å². The summed E-state index contributed by atoms with van der Waals surface area (Å²) in [6.07, 6.45) is 3.83. The predicted octanol–water partition coefficient (Wildman–Crippen LogP) is 1.32. The second kappa shape index (κ2) is 6.84. The lowest BCUT2D eigenvalue weighted by atomic mass is 10.2. The highest BCUT2D eigenvalue weighted by molar-refractivity contribution is 7.94. The summed E-state index contributed by atoms with van der Waals surface area (Å²) in [5.74, 6) is 0.0837. The fourth-order valence-electron chi connectivity index (χ4n) is 2.90. The molecular formula is C18H19N5O3S. The van der Waals surface area contributed by atoms with Crippen molar-refractivity contribution < 1.29 is 13.2 Å². The zero-order chi connectivity index (χ0) is 19.8. The number of rotatable bonds is 5. The Labute approximate surface area is 157 Å². The first-order valence-electron chi connectivity index (χ1n) is 8.03. The number of nitrogens with two attached hydrogens (primary N) is 1. The van der Waals surface area contributed by atoms with Gasteiger partial charge in [0.2, 0.25) is 5.84 Å². The maximum absolute atomic E-state index is 12.7. The molecule has 1 aromatic rings. The topological polar surface area (TPSA) is 108 Å². The zero-order valence-electron chi connectivity index (χ0n) is 14.8. The number of para-hydroxylation sites is 2. The average Bonchev–Trinajstić information content (AvgIpc) is 2.58. The van der Waals surface area contributed by atoms with E-state index < -0.39 is 9.84 Å². The van der Waals surface area contributed by atoms with Crippen LogP contribution in [0.3, 0.4) is 0 Å². The van der Waals surface area contributed by atoms with Crippen molar-refractivity contribution in [3.63, 3.8) is 0 Å². The summed E-state index contributed by atoms with van der Waals surface area (Å²) in [5, 5.41) is 5.81. The lowest BCUT2D eigenvalue weighted by molar-refractivity contribution is -0.119. The molecule has 0 aliphatic carbocycles. The number of hydrogen-bond acceptors (Lipinski definition) is 7. The third-order valence-corrected chi connectivity index (χ3v) is 5.22. The number of hydrazone groups is 1. The number of allylic oxidation sites excluding steroid dienone is 2. The summed E-state index contributed by atoms with van der Waals surface area (Å²) in [6.45, 7) is 7.35. The van der Waals surface area contributed by atoms with Crippen LogP contribution in [0.5, 0.6) is 0 Å². The van der Waals surface area contributed by atoms with Crippen LogP contribution in [0, 0.1) is 0 Å². The summed E-state index contributed by atoms with van der Waals surface area (Å²) in [4.78, 5) is 18.5. The van der Waals surface area contributed by atoms with Gasteiger partial charge in [0.1, 0.15) is 6.54 Å². The smallest absolute Gasteiger partial charge is 0.254 e. The third kappa shape index (κ3) is 3.54. The molecule has 0 aromatic heterocycles. The van der Waals surface area contributed by atoms with Crippen LogP contribution in [-0.4, -0.2) is 50.4 Å². The van der Waals surface area contributed by atoms with Gasteiger partial charge in [0.15, 0.2) is 15.7 Å². The highest BCUT2D eigenvalue weighted by Crippen LogP contribution is 2.33. The molecule has 1 aromatic carbocycles. The van der Waals surface area contributed by atoms with Crippen molar-refractivity contribution in [1.29, 1.82) is 0 Å². The second-order valence-electron chi connectivity index (χ2n) is 6.10. The number of benzene rings is 1. The number of carbonyl (C=O) groups excluding carboxylic acids is 1. The number of nitrogens with zero attached hydrogens (tertiary/aromatic N) is 4. The van der Waals surface area contributed by atoms with Gasteiger partial charge in [-0.2, -0.15) is 5.10 Å². The maximum atomic E-state index is 12.7. The van der Waals surface area contributed by atoms with E-state index in [0.717, 1.165) is 6.26 Å². The van der Waals surface area contributed by atoms with E-state index in [0.29, 0.717) is 16.9 Å². The number of hydrogen-bond donors (Lipinski definition) is 1. The largest absolute Gasteiger partial charge is 0.381 e. The summed E-state index contributed by atoms with van der Waals surface area (Å²) >= 11 is 0. The van der Waals surface area contributed by atoms with Crippen molar-refractivity contribution in [1.82, 2.24) is 5.01 Å². The number of fused-ring (bicyclic) bond motifs is 3. The number of amides is 1. The van der Waals surface area contributed by atoms with Crippen LogP contribution < -0.4 is 10.6 Å². The number of carbonyl (C=O) groups is 1. The molecule has 27 heavy (non-hydrogen) atoms. The molecule has 0 unspecified atom stereocenters. The van der Waals surface area contributed by atoms with Crippen LogP contribution >= 0.6 is 0 Å². The van der Waals surface area contributed by atoms with Gasteiger partial charge in [0, 0.05) is 6.26 Å². The summed E-state index contributed by atoms with van der Waals surface area (Å²) in [6, 6.07) is 7.13. The molecule has 8 nitrogen and oxygen atoms in total. The van der Waals surface area contributed by atoms with E-state index in [1.807, 2.05) is 0 Å². The quantitative estimate of drug-likeness (QED) is 0.769. The summed E-state index contributed by atoms with van der Waals surface area (Å²) < 4.78 is 23.9. The molecule has 0 bridgehead atoms. The molecule has 0 fully saturated rings. The molecule has 0 spiro atoms. The molecule has 0 radical (unpaired) electrons. The number of aliphatic imine (C=N–C) groups is 1. The lowest BCUT2D eigenvalue weighted by Crippen LogP contribution is -2.54. The predicted molar refractivity (Wildman–Crippen MR) is 106 cm³/mol. The molecule has 2 aliphatic heterocycles. The first-order chi connectivity index (χ1) is 12.7. The molecular weight excluding hydrogens is 366 g/mol. The number of amidine groups is 2. The van der Waals surface area contributed by atoms with E-state index in [4.69, 9.17) is 5.73 Å². The number of anilines is 1. The molecule has 2 aliphatic rings. The van der Waals surface area contributed by atoms with Crippen molar-refractivity contribution in [2.75, 3.05) is 24.2 Å². The van der Waals surface area contributed by atoms with E-state index >= 15 is 0 Å². The van der Waals surface area contributed by atoms with Crippen molar-refractivity contribution in [3.05, 3.63) is 60.1 Å². The van der Waals surface area contributed by atoms with Crippen molar-refractivity contribution in [2.24, 2.45) is 15.8 Å². The minimum absolute atomic E-state index is 0.0446. The van der Waals surface area contributed by atoms with E-state index in [1.54, 1.807) is 24.3 Å². The van der Waals surface area contributed by atoms with Gasteiger partial charge in [-0.05, 0) is 23.8 Å². The molecule has 0 atom stereocenters. The Morgan fingerprint density at radius 1 is 1.37 bits per heavy atom. The van der Waals surface area contributed by atoms with Gasteiger partial charge >= 0.3 is 0 Å². The van der Waals surface area contributed by atoms with Gasteiger partial charge < -0.3 is 5.73 Å². The first kappa shape index (κ1) is 18.6. The van der Waals surface area contributed by atoms with E-state index in [2.05, 4.69) is 23.3 Å². The Bertz CT molecular complexity index is 1040. The van der Waals surface area contributed by atoms with Gasteiger partial charge in [0.25, 0.3) is 5.91 Å². The van der Waals surface area contributed by atoms with Gasteiger partial charge in [-0.1, -0.05) is 31.4 Å². The van der Waals surface area contributed by atoms with Gasteiger partial charge in [-0.3, -0.25) is 14.7 Å². The van der Waals surface area contributed by atoms with Gasteiger partial charge in [0.05, 0.1) is 22.8 Å². The molecule has 2 N–H and O–H groups in total. The van der Waals surface area contributed by atoms with Gasteiger partial charge in [-0.25, -0.2) is 13.4 Å². The molecule has 140 valence electrons.